The quantitative estimate of drug-likeness (QED) is 0.393. The van der Waals surface area contributed by atoms with Gasteiger partial charge in [-0.05, 0) is 23.6 Å². The number of carbonyl (C=O) groups is 4. The maximum atomic E-state index is 13.8. The van der Waals surface area contributed by atoms with Gasteiger partial charge in [0.1, 0.15) is 18.1 Å². The van der Waals surface area contributed by atoms with Crippen LogP contribution in [0, 0.1) is 5.92 Å². The van der Waals surface area contributed by atoms with Crippen LogP contribution in [0.2, 0.25) is 0 Å². The van der Waals surface area contributed by atoms with Crippen molar-refractivity contribution in [3.05, 3.63) is 66.0 Å². The van der Waals surface area contributed by atoms with Gasteiger partial charge in [-0.2, -0.15) is 0 Å². The average molecular weight is 565 g/mol. The fourth-order valence-corrected chi connectivity index (χ4v) is 5.31. The third-order valence-electron chi connectivity index (χ3n) is 7.78. The summed E-state index contributed by atoms with van der Waals surface area (Å²) in [4.78, 5) is 61.6. The molecule has 0 bridgehead atoms. The summed E-state index contributed by atoms with van der Waals surface area (Å²) in [5.41, 5.74) is 1.64. The van der Waals surface area contributed by atoms with Gasteiger partial charge in [-0.25, -0.2) is 0 Å². The van der Waals surface area contributed by atoms with Gasteiger partial charge < -0.3 is 26.0 Å². The molecule has 0 spiro atoms. The molecule has 11 nitrogen and oxygen atoms in total. The zero-order valence-corrected chi connectivity index (χ0v) is 23.7. The Bertz CT molecular complexity index is 1200. The highest BCUT2D eigenvalue weighted by atomic mass is 16.3. The van der Waals surface area contributed by atoms with E-state index in [0.29, 0.717) is 19.5 Å². The van der Waals surface area contributed by atoms with Gasteiger partial charge in [0.15, 0.2) is 0 Å². The minimum Gasteiger partial charge on any atom is -0.391 e. The van der Waals surface area contributed by atoms with E-state index in [0.717, 1.165) is 11.3 Å². The zero-order valence-electron chi connectivity index (χ0n) is 23.7. The first-order chi connectivity index (χ1) is 19.7. The lowest BCUT2D eigenvalue weighted by molar-refractivity contribution is -0.143. The van der Waals surface area contributed by atoms with Crippen molar-refractivity contribution in [2.45, 2.75) is 63.9 Å². The van der Waals surface area contributed by atoms with E-state index in [1.54, 1.807) is 6.20 Å². The highest BCUT2D eigenvalue weighted by Gasteiger charge is 2.43. The Morgan fingerprint density at radius 1 is 1.02 bits per heavy atom. The molecule has 4 rings (SSSR count). The van der Waals surface area contributed by atoms with E-state index in [1.165, 1.54) is 4.90 Å². The molecule has 220 valence electrons. The van der Waals surface area contributed by atoms with Crippen LogP contribution in [0.25, 0.3) is 0 Å². The van der Waals surface area contributed by atoms with E-state index in [4.69, 9.17) is 0 Å². The summed E-state index contributed by atoms with van der Waals surface area (Å²) in [6, 6.07) is 12.2. The molecule has 41 heavy (non-hydrogen) atoms. The Balaban J connectivity index is 1.64. The van der Waals surface area contributed by atoms with Crippen molar-refractivity contribution in [1.29, 1.82) is 0 Å². The van der Waals surface area contributed by atoms with E-state index in [2.05, 4.69) is 20.9 Å². The molecule has 2 aliphatic heterocycles. The summed E-state index contributed by atoms with van der Waals surface area (Å²) >= 11 is 0. The summed E-state index contributed by atoms with van der Waals surface area (Å²) in [7, 11) is 0. The fourth-order valence-electron chi connectivity index (χ4n) is 5.31. The van der Waals surface area contributed by atoms with Gasteiger partial charge in [-0.3, -0.25) is 29.1 Å². The van der Waals surface area contributed by atoms with Crippen LogP contribution in [0.4, 0.5) is 0 Å². The molecule has 5 atom stereocenters. The van der Waals surface area contributed by atoms with Crippen molar-refractivity contribution in [3.63, 3.8) is 0 Å². The van der Waals surface area contributed by atoms with Crippen molar-refractivity contribution in [2.24, 2.45) is 5.92 Å². The van der Waals surface area contributed by atoms with Gasteiger partial charge in [0.25, 0.3) is 0 Å². The van der Waals surface area contributed by atoms with E-state index in [1.807, 2.05) is 67.3 Å². The van der Waals surface area contributed by atoms with E-state index in [9.17, 15) is 24.3 Å². The Labute approximate surface area is 240 Å². The second-order valence-electron chi connectivity index (χ2n) is 10.9. The summed E-state index contributed by atoms with van der Waals surface area (Å²) < 4.78 is 0. The molecule has 4 amide bonds. The van der Waals surface area contributed by atoms with Crippen molar-refractivity contribution >= 4 is 23.6 Å². The molecule has 0 radical (unpaired) electrons. The SMILES string of the molecule is CC[C@H](C)[C@@H]1NC(=O)CN(Cc2ccccn2)CCNC(=O)[C@H](Cc2ccccc2)NC(=O)[C@@H]2C[C@@H](O)CN2C1=O. The van der Waals surface area contributed by atoms with E-state index >= 15 is 0 Å². The topological polar surface area (TPSA) is 144 Å². The molecule has 2 saturated heterocycles. The highest BCUT2D eigenvalue weighted by molar-refractivity contribution is 5.95. The van der Waals surface area contributed by atoms with Gasteiger partial charge in [-0.15, -0.1) is 0 Å². The fraction of sp³-hybridized carbons (Fsp3) is 0.500. The van der Waals surface area contributed by atoms with Crippen molar-refractivity contribution in [3.8, 4) is 0 Å². The molecule has 0 saturated carbocycles. The maximum Gasteiger partial charge on any atom is 0.246 e. The lowest BCUT2D eigenvalue weighted by Gasteiger charge is -2.32. The third kappa shape index (κ3) is 8.11. The smallest absolute Gasteiger partial charge is 0.246 e. The van der Waals surface area contributed by atoms with Crippen LogP contribution in [0.1, 0.15) is 37.9 Å². The van der Waals surface area contributed by atoms with Crippen molar-refractivity contribution < 1.29 is 24.3 Å². The molecule has 2 aliphatic rings. The average Bonchev–Trinajstić information content (AvgIpc) is 3.37. The number of amides is 4. The predicted molar refractivity (Wildman–Crippen MR) is 152 cm³/mol. The summed E-state index contributed by atoms with van der Waals surface area (Å²) in [6.45, 7) is 4.73. The van der Waals surface area contributed by atoms with E-state index < -0.39 is 36.0 Å². The van der Waals surface area contributed by atoms with Gasteiger partial charge in [-0.1, -0.05) is 56.7 Å². The molecule has 0 aliphatic carbocycles. The van der Waals surface area contributed by atoms with Gasteiger partial charge in [0, 0.05) is 45.2 Å². The molecular weight excluding hydrogens is 524 g/mol. The molecule has 11 heteroatoms. The molecule has 1 aromatic heterocycles. The number of rotatable bonds is 6. The Morgan fingerprint density at radius 2 is 1.78 bits per heavy atom. The van der Waals surface area contributed by atoms with Gasteiger partial charge in [0.2, 0.25) is 23.6 Å². The lowest BCUT2D eigenvalue weighted by Crippen LogP contribution is -2.58. The Morgan fingerprint density at radius 3 is 2.49 bits per heavy atom. The first-order valence-corrected chi connectivity index (χ1v) is 14.3. The minimum atomic E-state index is -0.960. The van der Waals surface area contributed by atoms with Crippen LogP contribution in [0.3, 0.4) is 0 Å². The zero-order chi connectivity index (χ0) is 29.4. The van der Waals surface area contributed by atoms with Crippen LogP contribution in [0.5, 0.6) is 0 Å². The normalized spacial score (nSPS) is 25.8. The largest absolute Gasteiger partial charge is 0.391 e. The predicted octanol–water partition coefficient (Wildman–Crippen LogP) is 0.234. The second kappa shape index (κ2) is 14.2. The summed E-state index contributed by atoms with van der Waals surface area (Å²) in [5, 5.41) is 19.1. The first kappa shape index (κ1) is 30.1. The molecule has 2 fully saturated rings. The molecule has 3 heterocycles. The number of nitrogens with one attached hydrogen (secondary N) is 3. The maximum absolute atomic E-state index is 13.8. The number of hydrogen-bond acceptors (Lipinski definition) is 7. The van der Waals surface area contributed by atoms with Crippen LogP contribution in [0.15, 0.2) is 54.7 Å². The Hall–Kier alpha value is -3.83. The van der Waals surface area contributed by atoms with Crippen LogP contribution < -0.4 is 16.0 Å². The number of carbonyl (C=O) groups excluding carboxylic acids is 4. The lowest BCUT2D eigenvalue weighted by atomic mass is 9.97. The minimum absolute atomic E-state index is 0.0106. The Kier molecular flexibility index (Phi) is 10.4. The molecule has 4 N–H and O–H groups in total. The molecule has 2 aromatic rings. The van der Waals surface area contributed by atoms with Crippen LogP contribution >= 0.6 is 0 Å². The van der Waals surface area contributed by atoms with Crippen molar-refractivity contribution in [2.75, 3.05) is 26.2 Å². The van der Waals surface area contributed by atoms with Crippen molar-refractivity contribution in [1.82, 2.24) is 30.7 Å². The van der Waals surface area contributed by atoms with Gasteiger partial charge >= 0.3 is 0 Å². The van der Waals surface area contributed by atoms with Crippen LogP contribution in [-0.2, 0) is 32.1 Å². The number of aliphatic hydroxyl groups is 1. The van der Waals surface area contributed by atoms with Crippen LogP contribution in [-0.4, -0.2) is 93.9 Å². The molecule has 1 aromatic carbocycles. The molecular formula is C30H40N6O5. The summed E-state index contributed by atoms with van der Waals surface area (Å²) in [5.74, 6) is -1.84. The van der Waals surface area contributed by atoms with E-state index in [-0.39, 0.29) is 50.2 Å². The first-order valence-electron chi connectivity index (χ1n) is 14.3. The highest BCUT2D eigenvalue weighted by Crippen LogP contribution is 2.22. The number of hydrogen-bond donors (Lipinski definition) is 4. The molecule has 0 unspecified atom stereocenters. The number of aromatic nitrogens is 1. The summed E-state index contributed by atoms with van der Waals surface area (Å²) in [6.07, 6.45) is 1.72. The monoisotopic (exact) mass is 564 g/mol. The standard InChI is InChI=1S/C30H40N6O5/c1-3-20(2)27-30(41)36-18-23(37)16-25(36)29(40)33-24(15-21-9-5-4-6-10-21)28(39)32-13-14-35(19-26(38)34-27)17-22-11-7-8-12-31-22/h4-12,20,23-25,27,37H,3,13-19H2,1-2H3,(H,32,39)(H,33,40)(H,34,38)/t20-,23+,24-,25-,27-/m0/s1. The second-order valence-corrected chi connectivity index (χ2v) is 10.9. The number of aliphatic hydroxyl groups excluding tert-OH is 1. The number of nitrogens with zero attached hydrogens (tertiary/aromatic N) is 3. The number of pyridine rings is 1. The third-order valence-corrected chi connectivity index (χ3v) is 7.78. The number of benzene rings is 1. The van der Waals surface area contributed by atoms with Gasteiger partial charge in [0.05, 0.1) is 18.3 Å². The number of fused-ring (bicyclic) bond motifs is 1.